The van der Waals surface area contributed by atoms with Crippen LogP contribution in [0.3, 0.4) is 0 Å². The fraction of sp³-hybridized carbons (Fsp3) is 0.500. The Morgan fingerprint density at radius 3 is 1.82 bits per heavy atom. The minimum Gasteiger partial charge on any atom is -0.468 e. The number of benzene rings is 1. The average molecular weight is 482 g/mol. The van der Waals surface area contributed by atoms with Gasteiger partial charge in [-0.1, -0.05) is 37.3 Å². The third-order valence-electron chi connectivity index (χ3n) is 4.97. The van der Waals surface area contributed by atoms with Crippen LogP contribution in [0.5, 0.6) is 0 Å². The molecule has 0 heterocycles. The molecule has 3 N–H and O–H groups in total. The van der Waals surface area contributed by atoms with Crippen molar-refractivity contribution in [1.29, 1.82) is 0 Å². The van der Waals surface area contributed by atoms with E-state index < -0.39 is 59.9 Å². The van der Waals surface area contributed by atoms with Crippen LogP contribution in [0.4, 0.5) is 4.79 Å². The lowest BCUT2D eigenvalue weighted by molar-refractivity contribution is -0.163. The number of hydrogen-bond donors (Lipinski definition) is 3. The summed E-state index contributed by atoms with van der Waals surface area (Å²) in [4.78, 5) is 61.7. The summed E-state index contributed by atoms with van der Waals surface area (Å²) in [5, 5.41) is 14.6. The Labute approximate surface area is 196 Å². The van der Waals surface area contributed by atoms with Gasteiger partial charge in [-0.2, -0.15) is 0 Å². The third kappa shape index (κ3) is 8.03. The Morgan fingerprint density at radius 1 is 0.824 bits per heavy atom. The molecule has 0 aliphatic heterocycles. The van der Waals surface area contributed by atoms with Gasteiger partial charge in [0.15, 0.2) is 5.92 Å². The molecule has 12 nitrogen and oxygen atoms in total. The van der Waals surface area contributed by atoms with Gasteiger partial charge in [0.05, 0.1) is 27.4 Å². The molecule has 1 aromatic carbocycles. The van der Waals surface area contributed by atoms with E-state index in [1.165, 1.54) is 13.8 Å². The average Bonchev–Trinajstić information content (AvgIpc) is 2.83. The minimum atomic E-state index is -1.56. The zero-order chi connectivity index (χ0) is 25.8. The molecule has 1 aromatic rings. The van der Waals surface area contributed by atoms with Crippen molar-refractivity contribution in [3.8, 4) is 0 Å². The zero-order valence-electron chi connectivity index (χ0n) is 19.6. The molecule has 0 saturated carbocycles. The first-order chi connectivity index (χ1) is 16.1. The zero-order valence-corrected chi connectivity index (χ0v) is 19.6. The van der Waals surface area contributed by atoms with Crippen molar-refractivity contribution in [2.24, 2.45) is 11.8 Å². The van der Waals surface area contributed by atoms with Gasteiger partial charge in [-0.25, -0.2) is 9.59 Å². The molecule has 0 radical (unpaired) electrons. The Morgan fingerprint density at radius 2 is 1.35 bits per heavy atom. The van der Waals surface area contributed by atoms with Crippen molar-refractivity contribution in [1.82, 2.24) is 10.6 Å². The Hall–Kier alpha value is -3.67. The SMILES string of the molecule is COC(=O)C(C(=O)OC)[C@@H](C)[C@@H](NC(=O)[C@@H](NC(=O)OCc1ccccc1)[C@@H](C)O)C(=O)OC. The predicted octanol–water partition coefficient (Wildman–Crippen LogP) is -0.0817. The van der Waals surface area contributed by atoms with E-state index in [4.69, 9.17) is 4.74 Å². The van der Waals surface area contributed by atoms with Crippen molar-refractivity contribution >= 4 is 29.9 Å². The number of rotatable bonds is 11. The van der Waals surface area contributed by atoms with Gasteiger partial charge in [-0.15, -0.1) is 0 Å². The van der Waals surface area contributed by atoms with E-state index in [0.29, 0.717) is 5.56 Å². The van der Waals surface area contributed by atoms with E-state index in [2.05, 4.69) is 24.8 Å². The quantitative estimate of drug-likeness (QED) is 0.220. The van der Waals surface area contributed by atoms with Crippen LogP contribution in [0.2, 0.25) is 0 Å². The molecule has 0 spiro atoms. The molecule has 4 atom stereocenters. The van der Waals surface area contributed by atoms with E-state index in [1.54, 1.807) is 30.3 Å². The topological polar surface area (TPSA) is 167 Å². The van der Waals surface area contributed by atoms with E-state index >= 15 is 0 Å². The number of amides is 2. The van der Waals surface area contributed by atoms with Crippen LogP contribution in [0.25, 0.3) is 0 Å². The minimum absolute atomic E-state index is 0.0808. The second-order valence-electron chi connectivity index (χ2n) is 7.32. The lowest BCUT2D eigenvalue weighted by atomic mass is 9.87. The first-order valence-corrected chi connectivity index (χ1v) is 10.3. The maximum absolute atomic E-state index is 12.8. The van der Waals surface area contributed by atoms with Crippen LogP contribution in [-0.2, 0) is 44.7 Å². The molecule has 1 rings (SSSR count). The lowest BCUT2D eigenvalue weighted by Gasteiger charge is -2.29. The molecule has 0 aromatic heterocycles. The van der Waals surface area contributed by atoms with Crippen molar-refractivity contribution < 1.29 is 48.0 Å². The lowest BCUT2D eigenvalue weighted by Crippen LogP contribution is -2.58. The molecule has 0 unspecified atom stereocenters. The summed E-state index contributed by atoms with van der Waals surface area (Å²) in [5.74, 6) is -6.67. The highest BCUT2D eigenvalue weighted by Gasteiger charge is 2.43. The highest BCUT2D eigenvalue weighted by molar-refractivity contribution is 5.97. The molecule has 0 fully saturated rings. The van der Waals surface area contributed by atoms with Gasteiger partial charge >= 0.3 is 24.0 Å². The number of carbonyl (C=O) groups excluding carboxylic acids is 5. The molecule has 2 amide bonds. The van der Waals surface area contributed by atoms with Crippen molar-refractivity contribution in [3.05, 3.63) is 35.9 Å². The first-order valence-electron chi connectivity index (χ1n) is 10.3. The Balaban J connectivity index is 3.00. The molecular weight excluding hydrogens is 452 g/mol. The van der Waals surface area contributed by atoms with Crippen LogP contribution in [0, 0.1) is 11.8 Å². The highest BCUT2D eigenvalue weighted by atomic mass is 16.6. The van der Waals surface area contributed by atoms with E-state index in [9.17, 15) is 29.1 Å². The monoisotopic (exact) mass is 482 g/mol. The number of ether oxygens (including phenoxy) is 4. The van der Waals surface area contributed by atoms with Crippen LogP contribution < -0.4 is 10.6 Å². The van der Waals surface area contributed by atoms with Gasteiger partial charge in [0.25, 0.3) is 0 Å². The molecule has 12 heteroatoms. The number of aliphatic hydroxyl groups excluding tert-OH is 1. The normalized spacial score (nSPS) is 14.1. The molecule has 0 aliphatic carbocycles. The van der Waals surface area contributed by atoms with Gasteiger partial charge < -0.3 is 34.7 Å². The Bertz CT molecular complexity index is 843. The number of aliphatic hydroxyl groups is 1. The van der Waals surface area contributed by atoms with Crippen LogP contribution in [-0.4, -0.2) is 74.5 Å². The molecular formula is C22H30N2O10. The molecule has 188 valence electrons. The predicted molar refractivity (Wildman–Crippen MR) is 116 cm³/mol. The number of hydrogen-bond acceptors (Lipinski definition) is 10. The van der Waals surface area contributed by atoms with Crippen LogP contribution >= 0.6 is 0 Å². The van der Waals surface area contributed by atoms with Crippen LogP contribution in [0.15, 0.2) is 30.3 Å². The van der Waals surface area contributed by atoms with Crippen molar-refractivity contribution in [2.75, 3.05) is 21.3 Å². The second-order valence-corrected chi connectivity index (χ2v) is 7.32. The molecule has 34 heavy (non-hydrogen) atoms. The van der Waals surface area contributed by atoms with Gasteiger partial charge in [0.2, 0.25) is 5.91 Å². The van der Waals surface area contributed by atoms with Gasteiger partial charge in [0.1, 0.15) is 18.7 Å². The molecule has 0 saturated heterocycles. The third-order valence-corrected chi connectivity index (χ3v) is 4.97. The van der Waals surface area contributed by atoms with Crippen molar-refractivity contribution in [3.63, 3.8) is 0 Å². The summed E-state index contributed by atoms with van der Waals surface area (Å²) in [6.45, 7) is 2.49. The largest absolute Gasteiger partial charge is 0.468 e. The molecule has 0 bridgehead atoms. The number of methoxy groups -OCH3 is 3. The standard InChI is InChI=1S/C22H30N2O10/c1-12(15(19(27)31-3)20(28)32-4)16(21(29)33-5)23-18(26)17(13(2)25)24-22(30)34-11-14-9-7-6-8-10-14/h6-10,12-13,15-17,25H,11H2,1-5H3,(H,23,26)(H,24,30)/t12-,13-,16-,17+/m1/s1. The molecule has 0 aliphatic rings. The highest BCUT2D eigenvalue weighted by Crippen LogP contribution is 2.20. The summed E-state index contributed by atoms with van der Waals surface area (Å²) in [6, 6.07) is 5.71. The van der Waals surface area contributed by atoms with Crippen molar-refractivity contribution in [2.45, 2.75) is 38.6 Å². The smallest absolute Gasteiger partial charge is 0.408 e. The Kier molecular flexibility index (Phi) is 11.5. The van der Waals surface area contributed by atoms with Gasteiger partial charge in [-0.05, 0) is 12.5 Å². The van der Waals surface area contributed by atoms with E-state index in [-0.39, 0.29) is 6.61 Å². The van der Waals surface area contributed by atoms with E-state index in [0.717, 1.165) is 21.3 Å². The summed E-state index contributed by atoms with van der Waals surface area (Å²) in [7, 11) is 3.14. The maximum atomic E-state index is 12.8. The fourth-order valence-corrected chi connectivity index (χ4v) is 3.04. The second kappa shape index (κ2) is 13.8. The number of carbonyl (C=O) groups is 5. The number of esters is 3. The fourth-order valence-electron chi connectivity index (χ4n) is 3.04. The van der Waals surface area contributed by atoms with Crippen LogP contribution in [0.1, 0.15) is 19.4 Å². The summed E-state index contributed by atoms with van der Waals surface area (Å²) < 4.78 is 19.0. The summed E-state index contributed by atoms with van der Waals surface area (Å²) >= 11 is 0. The summed E-state index contributed by atoms with van der Waals surface area (Å²) in [6.07, 6.45) is -2.38. The summed E-state index contributed by atoms with van der Waals surface area (Å²) in [5.41, 5.74) is 0.701. The van der Waals surface area contributed by atoms with Gasteiger partial charge in [0, 0.05) is 5.92 Å². The first kappa shape index (κ1) is 28.4. The van der Waals surface area contributed by atoms with E-state index in [1.807, 2.05) is 0 Å². The number of nitrogens with one attached hydrogen (secondary N) is 2. The number of alkyl carbamates (subject to hydrolysis) is 1. The van der Waals surface area contributed by atoms with Gasteiger partial charge in [-0.3, -0.25) is 14.4 Å². The maximum Gasteiger partial charge on any atom is 0.408 e.